The van der Waals surface area contributed by atoms with Gasteiger partial charge in [0, 0.05) is 18.4 Å². The zero-order valence-electron chi connectivity index (χ0n) is 13.0. The third-order valence-electron chi connectivity index (χ3n) is 4.13. The topological polar surface area (TPSA) is 36.4 Å². The highest BCUT2D eigenvalue weighted by Gasteiger charge is 2.23. The molecule has 1 fully saturated rings. The van der Waals surface area contributed by atoms with Crippen molar-refractivity contribution >= 4 is 0 Å². The van der Waals surface area contributed by atoms with Crippen LogP contribution in [0.3, 0.4) is 0 Å². The fraction of sp³-hybridized carbons (Fsp3) is 0.500. The summed E-state index contributed by atoms with van der Waals surface area (Å²) in [6.45, 7) is 8.99. The van der Waals surface area contributed by atoms with Crippen LogP contribution in [-0.4, -0.2) is 33.7 Å². The van der Waals surface area contributed by atoms with E-state index >= 15 is 0 Å². The van der Waals surface area contributed by atoms with Crippen LogP contribution in [0.4, 0.5) is 0 Å². The van der Waals surface area contributed by atoms with Crippen LogP contribution in [0.15, 0.2) is 36.7 Å². The zero-order valence-corrected chi connectivity index (χ0v) is 13.0. The van der Waals surface area contributed by atoms with Crippen molar-refractivity contribution in [1.82, 2.24) is 9.88 Å². The van der Waals surface area contributed by atoms with Crippen molar-refractivity contribution in [2.75, 3.05) is 13.1 Å². The van der Waals surface area contributed by atoms with Crippen LogP contribution >= 0.6 is 0 Å². The van der Waals surface area contributed by atoms with E-state index in [0.29, 0.717) is 18.2 Å². The van der Waals surface area contributed by atoms with E-state index in [-0.39, 0.29) is 0 Å². The Morgan fingerprint density at radius 3 is 3.05 bits per heavy atom. The fourth-order valence-electron chi connectivity index (χ4n) is 2.55. The molecule has 2 heterocycles. The first-order valence-corrected chi connectivity index (χ1v) is 7.53. The number of hydrogen-bond acceptors (Lipinski definition) is 3. The molecule has 1 N–H and O–H groups in total. The van der Waals surface area contributed by atoms with Crippen molar-refractivity contribution in [1.29, 1.82) is 0 Å². The van der Waals surface area contributed by atoms with Crippen LogP contribution in [0.5, 0.6) is 0 Å². The monoisotopic (exact) mass is 284 g/mol. The van der Waals surface area contributed by atoms with E-state index in [0.717, 1.165) is 13.0 Å². The van der Waals surface area contributed by atoms with Crippen LogP contribution in [-0.2, 0) is 0 Å². The smallest absolute Gasteiger partial charge is 0.143 e. The van der Waals surface area contributed by atoms with Gasteiger partial charge in [-0.15, -0.1) is 0 Å². The Hall–Kier alpha value is -1.63. The van der Waals surface area contributed by atoms with Crippen molar-refractivity contribution in [2.45, 2.75) is 44.8 Å². The molecule has 0 aromatic carbocycles. The van der Waals surface area contributed by atoms with E-state index in [4.69, 9.17) is 0 Å². The molecule has 0 saturated carbocycles. The van der Waals surface area contributed by atoms with Crippen LogP contribution < -0.4 is 0 Å². The standard InChI is InChI=1S/C18H24N2O/c1-15(2)18(3,21)10-7-13-20-12-5-4-9-17(20)16-8-6-11-19-14-16/h6,8,11,14,17,21H,1,4-5,9,12-13H2,2-3H3/t17-,18-/m1/s1. The summed E-state index contributed by atoms with van der Waals surface area (Å²) in [5.41, 5.74) is 0.836. The van der Waals surface area contributed by atoms with Crippen LogP contribution in [0.2, 0.25) is 0 Å². The molecule has 21 heavy (non-hydrogen) atoms. The Labute approximate surface area is 127 Å². The van der Waals surface area contributed by atoms with Crippen molar-refractivity contribution < 1.29 is 5.11 Å². The Balaban J connectivity index is 2.07. The molecule has 0 bridgehead atoms. The van der Waals surface area contributed by atoms with Gasteiger partial charge in [0.15, 0.2) is 0 Å². The minimum Gasteiger partial charge on any atom is -0.374 e. The summed E-state index contributed by atoms with van der Waals surface area (Å²) in [5, 5.41) is 10.1. The molecular weight excluding hydrogens is 260 g/mol. The molecule has 0 amide bonds. The van der Waals surface area contributed by atoms with Crippen LogP contribution in [0.1, 0.15) is 44.7 Å². The minimum absolute atomic E-state index is 0.386. The molecular formula is C18H24N2O. The maximum absolute atomic E-state index is 10.1. The molecule has 1 aromatic heterocycles. The number of aliphatic hydroxyl groups is 1. The molecule has 0 aliphatic carbocycles. The van der Waals surface area contributed by atoms with Crippen molar-refractivity contribution in [2.24, 2.45) is 0 Å². The van der Waals surface area contributed by atoms with E-state index in [9.17, 15) is 5.11 Å². The Bertz CT molecular complexity index is 539. The Kier molecular flexibility index (Phi) is 5.17. The normalized spacial score (nSPS) is 22.0. The van der Waals surface area contributed by atoms with Crippen LogP contribution in [0.25, 0.3) is 0 Å². The molecule has 2 atom stereocenters. The average molecular weight is 284 g/mol. The SMILES string of the molecule is C=C(C)[C@](C)(O)C#CCN1CCCC[C@@H]1c1cccnc1. The van der Waals surface area contributed by atoms with Crippen molar-refractivity contribution in [3.8, 4) is 11.8 Å². The van der Waals surface area contributed by atoms with Gasteiger partial charge in [0.05, 0.1) is 6.54 Å². The molecule has 2 rings (SSSR count). The highest BCUT2D eigenvalue weighted by Crippen LogP contribution is 2.29. The molecule has 3 nitrogen and oxygen atoms in total. The second kappa shape index (κ2) is 6.89. The number of pyridine rings is 1. The average Bonchev–Trinajstić information content (AvgIpc) is 2.48. The highest BCUT2D eigenvalue weighted by atomic mass is 16.3. The predicted octanol–water partition coefficient (Wildman–Crippen LogP) is 2.94. The molecule has 0 unspecified atom stereocenters. The third-order valence-corrected chi connectivity index (χ3v) is 4.13. The van der Waals surface area contributed by atoms with E-state index in [1.165, 1.54) is 18.4 Å². The molecule has 112 valence electrons. The largest absolute Gasteiger partial charge is 0.374 e. The molecule has 1 saturated heterocycles. The summed E-state index contributed by atoms with van der Waals surface area (Å²) in [6, 6.07) is 4.50. The van der Waals surface area contributed by atoms with Gasteiger partial charge in [0.25, 0.3) is 0 Å². The fourth-order valence-corrected chi connectivity index (χ4v) is 2.55. The predicted molar refractivity (Wildman–Crippen MR) is 85.6 cm³/mol. The first kappa shape index (κ1) is 15.8. The number of piperidine rings is 1. The maximum Gasteiger partial charge on any atom is 0.143 e. The van der Waals surface area contributed by atoms with Gasteiger partial charge in [-0.25, -0.2) is 0 Å². The van der Waals surface area contributed by atoms with Crippen LogP contribution in [0, 0.1) is 11.8 Å². The van der Waals surface area contributed by atoms with Gasteiger partial charge in [-0.05, 0) is 50.4 Å². The van der Waals surface area contributed by atoms with E-state index in [2.05, 4.69) is 34.4 Å². The lowest BCUT2D eigenvalue weighted by Gasteiger charge is -2.34. The first-order chi connectivity index (χ1) is 10.0. The summed E-state index contributed by atoms with van der Waals surface area (Å²) >= 11 is 0. The molecule has 0 spiro atoms. The summed E-state index contributed by atoms with van der Waals surface area (Å²) < 4.78 is 0. The summed E-state index contributed by atoms with van der Waals surface area (Å²) in [4.78, 5) is 6.60. The zero-order chi connectivity index (χ0) is 15.3. The third kappa shape index (κ3) is 4.17. The van der Waals surface area contributed by atoms with Gasteiger partial charge in [0.2, 0.25) is 0 Å². The van der Waals surface area contributed by atoms with E-state index in [1.807, 2.05) is 12.3 Å². The number of aromatic nitrogens is 1. The van der Waals surface area contributed by atoms with Gasteiger partial charge in [0.1, 0.15) is 5.60 Å². The second-order valence-corrected chi connectivity index (χ2v) is 5.92. The number of likely N-dealkylation sites (tertiary alicyclic amines) is 1. The number of nitrogens with zero attached hydrogens (tertiary/aromatic N) is 2. The molecule has 0 radical (unpaired) electrons. The lowest BCUT2D eigenvalue weighted by Crippen LogP contribution is -2.34. The quantitative estimate of drug-likeness (QED) is 0.685. The summed E-state index contributed by atoms with van der Waals surface area (Å²) in [6.07, 6.45) is 7.34. The summed E-state index contributed by atoms with van der Waals surface area (Å²) in [7, 11) is 0. The summed E-state index contributed by atoms with van der Waals surface area (Å²) in [5.74, 6) is 6.05. The Morgan fingerprint density at radius 2 is 2.38 bits per heavy atom. The number of hydrogen-bond donors (Lipinski definition) is 1. The molecule has 1 aliphatic rings. The van der Waals surface area contributed by atoms with Crippen molar-refractivity contribution in [3.63, 3.8) is 0 Å². The maximum atomic E-state index is 10.1. The van der Waals surface area contributed by atoms with E-state index in [1.54, 1.807) is 20.0 Å². The van der Waals surface area contributed by atoms with Gasteiger partial charge < -0.3 is 5.11 Å². The minimum atomic E-state index is -1.10. The molecule has 1 aliphatic heterocycles. The van der Waals surface area contributed by atoms with Gasteiger partial charge in [-0.3, -0.25) is 9.88 Å². The van der Waals surface area contributed by atoms with Gasteiger partial charge >= 0.3 is 0 Å². The van der Waals surface area contributed by atoms with E-state index < -0.39 is 5.60 Å². The number of rotatable bonds is 3. The second-order valence-electron chi connectivity index (χ2n) is 5.92. The lowest BCUT2D eigenvalue weighted by molar-refractivity contribution is 0.158. The molecule has 1 aromatic rings. The highest BCUT2D eigenvalue weighted by molar-refractivity contribution is 5.26. The lowest BCUT2D eigenvalue weighted by atomic mass is 9.96. The van der Waals surface area contributed by atoms with Crippen molar-refractivity contribution in [3.05, 3.63) is 42.2 Å². The first-order valence-electron chi connectivity index (χ1n) is 7.53. The Morgan fingerprint density at radius 1 is 1.57 bits per heavy atom. The van der Waals surface area contributed by atoms with Gasteiger partial charge in [-0.2, -0.15) is 0 Å². The van der Waals surface area contributed by atoms with Gasteiger partial charge in [-0.1, -0.05) is 30.9 Å². The molecule has 3 heteroatoms.